The van der Waals surface area contributed by atoms with Crippen LogP contribution in [-0.4, -0.2) is 10.9 Å². The molecule has 0 fully saturated rings. The number of hydrogen-bond acceptors (Lipinski definition) is 1. The molecule has 1 aromatic carbocycles. The highest BCUT2D eigenvalue weighted by Crippen LogP contribution is 2.29. The Bertz CT molecular complexity index is 600. The monoisotopic (exact) mass is 242 g/mol. The van der Waals surface area contributed by atoms with Gasteiger partial charge in [0.2, 0.25) is 0 Å². The lowest BCUT2D eigenvalue weighted by molar-refractivity contribution is 0.1000. The van der Waals surface area contributed by atoms with Gasteiger partial charge in [0.25, 0.3) is 5.91 Å². The Hall–Kier alpha value is -2.03. The molecule has 0 spiro atoms. The molecule has 2 rings (SSSR count). The van der Waals surface area contributed by atoms with Gasteiger partial charge in [-0.15, -0.1) is 0 Å². The van der Waals surface area contributed by atoms with E-state index in [-0.39, 0.29) is 0 Å². The van der Waals surface area contributed by atoms with Gasteiger partial charge < -0.3 is 10.7 Å². The van der Waals surface area contributed by atoms with Crippen LogP contribution in [0.2, 0.25) is 0 Å². The molecule has 0 bridgehead atoms. The third-order valence-electron chi connectivity index (χ3n) is 3.23. The molecule has 94 valence electrons. The van der Waals surface area contributed by atoms with Crippen LogP contribution in [0.3, 0.4) is 0 Å². The molecule has 0 aliphatic rings. The first kappa shape index (κ1) is 12.4. The van der Waals surface area contributed by atoms with E-state index < -0.39 is 5.91 Å². The molecule has 0 saturated heterocycles. The number of rotatable bonds is 2. The quantitative estimate of drug-likeness (QED) is 0.835. The SMILES string of the molecule is Cc1cc(C)c(-c2cc(C(N)=O)c(C)[nH]2)c(C)c1. The zero-order valence-corrected chi connectivity index (χ0v) is 11.2. The third-order valence-corrected chi connectivity index (χ3v) is 3.23. The molecule has 0 aliphatic carbocycles. The summed E-state index contributed by atoms with van der Waals surface area (Å²) in [6.45, 7) is 8.10. The van der Waals surface area contributed by atoms with Crippen LogP contribution in [0.15, 0.2) is 18.2 Å². The minimum Gasteiger partial charge on any atom is -0.366 e. The van der Waals surface area contributed by atoms with Gasteiger partial charge in [0.15, 0.2) is 0 Å². The molecule has 0 atom stereocenters. The number of aryl methyl sites for hydroxylation is 4. The van der Waals surface area contributed by atoms with E-state index in [1.54, 1.807) is 0 Å². The van der Waals surface area contributed by atoms with E-state index in [2.05, 4.69) is 37.9 Å². The van der Waals surface area contributed by atoms with E-state index in [1.807, 2.05) is 13.0 Å². The first-order valence-electron chi connectivity index (χ1n) is 5.97. The van der Waals surface area contributed by atoms with Gasteiger partial charge in [0, 0.05) is 17.0 Å². The fourth-order valence-electron chi connectivity index (χ4n) is 2.55. The van der Waals surface area contributed by atoms with Crippen LogP contribution in [0.4, 0.5) is 0 Å². The summed E-state index contributed by atoms with van der Waals surface area (Å²) in [5, 5.41) is 0. The summed E-state index contributed by atoms with van der Waals surface area (Å²) in [5.41, 5.74) is 12.5. The highest BCUT2D eigenvalue weighted by atomic mass is 16.1. The number of amides is 1. The fraction of sp³-hybridized carbons (Fsp3) is 0.267. The van der Waals surface area contributed by atoms with Gasteiger partial charge in [-0.1, -0.05) is 17.7 Å². The number of carbonyl (C=O) groups excluding carboxylic acids is 1. The number of nitrogens with one attached hydrogen (secondary N) is 1. The van der Waals surface area contributed by atoms with Crippen LogP contribution in [-0.2, 0) is 0 Å². The van der Waals surface area contributed by atoms with Crippen molar-refractivity contribution in [1.29, 1.82) is 0 Å². The molecule has 0 saturated carbocycles. The second kappa shape index (κ2) is 4.33. The van der Waals surface area contributed by atoms with E-state index in [1.165, 1.54) is 16.7 Å². The minimum atomic E-state index is -0.391. The van der Waals surface area contributed by atoms with Crippen LogP contribution >= 0.6 is 0 Å². The predicted octanol–water partition coefficient (Wildman–Crippen LogP) is 3.01. The number of benzene rings is 1. The van der Waals surface area contributed by atoms with Crippen LogP contribution < -0.4 is 5.73 Å². The highest BCUT2D eigenvalue weighted by molar-refractivity contribution is 5.95. The number of primary amides is 1. The molecular weight excluding hydrogens is 224 g/mol. The molecule has 0 unspecified atom stereocenters. The highest BCUT2D eigenvalue weighted by Gasteiger charge is 2.13. The molecule has 1 amide bonds. The Kier molecular flexibility index (Phi) is 2.99. The van der Waals surface area contributed by atoms with Gasteiger partial charge in [-0.05, 0) is 44.9 Å². The van der Waals surface area contributed by atoms with E-state index in [4.69, 9.17) is 5.73 Å². The third kappa shape index (κ3) is 2.04. The summed E-state index contributed by atoms with van der Waals surface area (Å²) < 4.78 is 0. The maximum absolute atomic E-state index is 11.3. The topological polar surface area (TPSA) is 58.9 Å². The molecule has 1 heterocycles. The minimum absolute atomic E-state index is 0.391. The zero-order valence-electron chi connectivity index (χ0n) is 11.2. The molecule has 3 nitrogen and oxygen atoms in total. The lowest BCUT2D eigenvalue weighted by Crippen LogP contribution is -2.10. The Morgan fingerprint density at radius 2 is 1.61 bits per heavy atom. The van der Waals surface area contributed by atoms with E-state index in [9.17, 15) is 4.79 Å². The van der Waals surface area contributed by atoms with Gasteiger partial charge in [-0.3, -0.25) is 4.79 Å². The Balaban J connectivity index is 2.63. The smallest absolute Gasteiger partial charge is 0.250 e. The largest absolute Gasteiger partial charge is 0.366 e. The fourth-order valence-corrected chi connectivity index (χ4v) is 2.55. The summed E-state index contributed by atoms with van der Waals surface area (Å²) in [6, 6.07) is 6.12. The number of nitrogens with two attached hydrogens (primary N) is 1. The second-order valence-corrected chi connectivity index (χ2v) is 4.86. The van der Waals surface area contributed by atoms with Crippen molar-refractivity contribution in [3.8, 4) is 11.3 Å². The molecule has 0 radical (unpaired) electrons. The molecule has 18 heavy (non-hydrogen) atoms. The molecule has 1 aromatic heterocycles. The number of hydrogen-bond donors (Lipinski definition) is 2. The predicted molar refractivity (Wildman–Crippen MR) is 73.7 cm³/mol. The lowest BCUT2D eigenvalue weighted by atomic mass is 9.97. The van der Waals surface area contributed by atoms with Crippen molar-refractivity contribution in [3.05, 3.63) is 46.1 Å². The summed E-state index contributed by atoms with van der Waals surface area (Å²) in [5.74, 6) is -0.391. The van der Waals surface area contributed by atoms with Gasteiger partial charge >= 0.3 is 0 Å². The van der Waals surface area contributed by atoms with Crippen LogP contribution in [0, 0.1) is 27.7 Å². The maximum Gasteiger partial charge on any atom is 0.250 e. The van der Waals surface area contributed by atoms with Crippen LogP contribution in [0.1, 0.15) is 32.7 Å². The summed E-state index contributed by atoms with van der Waals surface area (Å²) in [6.07, 6.45) is 0. The Labute approximate surface area is 107 Å². The van der Waals surface area contributed by atoms with Crippen molar-refractivity contribution < 1.29 is 4.79 Å². The Morgan fingerprint density at radius 3 is 2.06 bits per heavy atom. The number of H-pyrrole nitrogens is 1. The standard InChI is InChI=1S/C15H18N2O/c1-8-5-9(2)14(10(3)6-8)13-7-12(15(16)18)11(4)17-13/h5-7,17H,1-4H3,(H2,16,18). The number of aromatic amines is 1. The number of aromatic nitrogens is 1. The summed E-state index contributed by atoms with van der Waals surface area (Å²) >= 11 is 0. The van der Waals surface area contributed by atoms with E-state index in [0.29, 0.717) is 5.56 Å². The maximum atomic E-state index is 11.3. The molecule has 0 aliphatic heterocycles. The molecular formula is C15H18N2O. The Morgan fingerprint density at radius 1 is 1.06 bits per heavy atom. The second-order valence-electron chi connectivity index (χ2n) is 4.86. The first-order valence-corrected chi connectivity index (χ1v) is 5.97. The van der Waals surface area contributed by atoms with Gasteiger partial charge in [-0.25, -0.2) is 0 Å². The zero-order chi connectivity index (χ0) is 13.4. The average molecular weight is 242 g/mol. The normalized spacial score (nSPS) is 10.7. The number of carbonyl (C=O) groups is 1. The van der Waals surface area contributed by atoms with Crippen molar-refractivity contribution in [2.24, 2.45) is 5.73 Å². The summed E-state index contributed by atoms with van der Waals surface area (Å²) in [4.78, 5) is 14.5. The van der Waals surface area contributed by atoms with E-state index >= 15 is 0 Å². The molecule has 2 aromatic rings. The van der Waals surface area contributed by atoms with E-state index in [0.717, 1.165) is 17.0 Å². The van der Waals surface area contributed by atoms with Gasteiger partial charge in [-0.2, -0.15) is 0 Å². The van der Waals surface area contributed by atoms with Crippen molar-refractivity contribution in [1.82, 2.24) is 4.98 Å². The molecule has 3 N–H and O–H groups in total. The van der Waals surface area contributed by atoms with Crippen LogP contribution in [0.5, 0.6) is 0 Å². The molecule has 3 heteroatoms. The summed E-state index contributed by atoms with van der Waals surface area (Å²) in [7, 11) is 0. The lowest BCUT2D eigenvalue weighted by Gasteiger charge is -2.09. The van der Waals surface area contributed by atoms with Crippen molar-refractivity contribution in [2.75, 3.05) is 0 Å². The van der Waals surface area contributed by atoms with Crippen LogP contribution in [0.25, 0.3) is 11.3 Å². The van der Waals surface area contributed by atoms with Crippen molar-refractivity contribution in [2.45, 2.75) is 27.7 Å². The first-order chi connectivity index (χ1) is 8.40. The average Bonchev–Trinajstić information content (AvgIpc) is 2.58. The van der Waals surface area contributed by atoms with Gasteiger partial charge in [0.1, 0.15) is 0 Å². The van der Waals surface area contributed by atoms with Crippen molar-refractivity contribution >= 4 is 5.91 Å². The van der Waals surface area contributed by atoms with Crippen molar-refractivity contribution in [3.63, 3.8) is 0 Å². The van der Waals surface area contributed by atoms with Gasteiger partial charge in [0.05, 0.1) is 5.56 Å².